The summed E-state index contributed by atoms with van der Waals surface area (Å²) in [4.78, 5) is 29.9. The van der Waals surface area contributed by atoms with E-state index in [0.717, 1.165) is 54.2 Å². The smallest absolute Gasteiger partial charge is 0.319 e. The maximum Gasteiger partial charge on any atom is 0.319 e. The number of carbonyl (C=O) groups excluding carboxylic acids is 1. The van der Waals surface area contributed by atoms with E-state index in [4.69, 9.17) is 0 Å². The minimum absolute atomic E-state index is 0.241. The number of thioether (sulfide) groups is 1. The fourth-order valence-electron chi connectivity index (χ4n) is 3.49. The highest BCUT2D eigenvalue weighted by Gasteiger charge is 2.28. The number of hydrogen-bond donors (Lipinski definition) is 2. The second-order valence-corrected chi connectivity index (χ2v) is 10.5. The number of nitrogens with one attached hydrogen (secondary N) is 1. The van der Waals surface area contributed by atoms with Crippen molar-refractivity contribution in [2.45, 2.75) is 69.6 Å². The Balaban J connectivity index is 1.83. The summed E-state index contributed by atoms with van der Waals surface area (Å²) in [5.74, 6) is -0.361. The molecule has 0 bridgehead atoms. The third-order valence-electron chi connectivity index (χ3n) is 5.63. The lowest BCUT2D eigenvalue weighted by Gasteiger charge is -2.18. The lowest BCUT2D eigenvalue weighted by Crippen LogP contribution is -2.26. The molecule has 1 aromatic heterocycles. The predicted molar refractivity (Wildman–Crippen MR) is 139 cm³/mol. The Morgan fingerprint density at radius 3 is 2.29 bits per heavy atom. The predicted octanol–water partition coefficient (Wildman–Crippen LogP) is 6.51. The van der Waals surface area contributed by atoms with Gasteiger partial charge in [-0.25, -0.2) is 4.98 Å². The van der Waals surface area contributed by atoms with Crippen molar-refractivity contribution in [3.63, 3.8) is 0 Å². The molecule has 0 saturated heterocycles. The van der Waals surface area contributed by atoms with Gasteiger partial charge in [0.25, 0.3) is 5.91 Å². The van der Waals surface area contributed by atoms with E-state index in [1.165, 1.54) is 17.3 Å². The van der Waals surface area contributed by atoms with Crippen molar-refractivity contribution in [2.24, 2.45) is 0 Å². The van der Waals surface area contributed by atoms with Gasteiger partial charge in [0.2, 0.25) is 0 Å². The van der Waals surface area contributed by atoms with Crippen molar-refractivity contribution in [1.29, 1.82) is 0 Å². The average molecular weight is 480 g/mol. The van der Waals surface area contributed by atoms with Crippen LogP contribution in [-0.4, -0.2) is 31.3 Å². The Kier molecular flexibility index (Phi) is 8.56. The molecule has 1 heterocycles. The molecule has 2 N–H and O–H groups in total. The highest BCUT2D eigenvalue weighted by Crippen LogP contribution is 2.34. The number of aryl methyl sites for hydroxylation is 2. The van der Waals surface area contributed by atoms with Crippen LogP contribution in [0.3, 0.4) is 0 Å². The van der Waals surface area contributed by atoms with Gasteiger partial charge >= 0.3 is 5.97 Å². The van der Waals surface area contributed by atoms with Gasteiger partial charge in [0.05, 0.1) is 0 Å². The van der Waals surface area contributed by atoms with Gasteiger partial charge < -0.3 is 15.0 Å². The van der Waals surface area contributed by atoms with E-state index in [9.17, 15) is 14.7 Å². The highest BCUT2D eigenvalue weighted by atomic mass is 32.2. The topological polar surface area (TPSA) is 84.2 Å². The van der Waals surface area contributed by atoms with Gasteiger partial charge in [0.1, 0.15) is 16.3 Å². The number of unbranched alkanes of at least 4 members (excludes halogenated alkanes) is 2. The van der Waals surface area contributed by atoms with E-state index >= 15 is 0 Å². The zero-order chi connectivity index (χ0) is 24.7. The highest BCUT2D eigenvalue weighted by molar-refractivity contribution is 8.01. The number of anilines is 1. The number of carbonyl (C=O) groups is 2. The van der Waals surface area contributed by atoms with Crippen molar-refractivity contribution in [2.75, 3.05) is 5.32 Å². The van der Waals surface area contributed by atoms with E-state index in [2.05, 4.69) is 24.1 Å². The maximum atomic E-state index is 12.9. The van der Waals surface area contributed by atoms with Crippen LogP contribution in [0.1, 0.15) is 63.0 Å². The number of amides is 1. The van der Waals surface area contributed by atoms with Crippen molar-refractivity contribution in [1.82, 2.24) is 9.55 Å². The first-order chi connectivity index (χ1) is 16.2. The Hall–Kier alpha value is -3.06. The summed E-state index contributed by atoms with van der Waals surface area (Å²) >= 11 is 1.30. The van der Waals surface area contributed by atoms with Crippen molar-refractivity contribution >= 4 is 29.3 Å². The van der Waals surface area contributed by atoms with Gasteiger partial charge in [-0.2, -0.15) is 0 Å². The zero-order valence-corrected chi connectivity index (χ0v) is 21.1. The minimum Gasteiger partial charge on any atom is -0.480 e. The largest absolute Gasteiger partial charge is 0.480 e. The van der Waals surface area contributed by atoms with Gasteiger partial charge in [-0.3, -0.25) is 9.59 Å². The monoisotopic (exact) mass is 479 g/mol. The number of carboxylic acids is 1. The molecule has 1 amide bonds. The fraction of sp³-hybridized carbons (Fsp3) is 0.370. The molecule has 0 aliphatic heterocycles. The van der Waals surface area contributed by atoms with E-state index in [1.807, 2.05) is 59.3 Å². The molecule has 34 heavy (non-hydrogen) atoms. The number of rotatable bonds is 11. The van der Waals surface area contributed by atoms with Crippen LogP contribution in [0, 0.1) is 0 Å². The molecule has 6 nitrogen and oxygen atoms in total. The molecule has 0 unspecified atom stereocenters. The summed E-state index contributed by atoms with van der Waals surface area (Å²) in [5.41, 5.74) is 3.22. The first-order valence-electron chi connectivity index (χ1n) is 11.7. The molecule has 2 aromatic carbocycles. The number of hydrogen-bond acceptors (Lipinski definition) is 4. The molecule has 180 valence electrons. The lowest BCUT2D eigenvalue weighted by atomic mass is 10.1. The Labute approximate surface area is 205 Å². The normalized spacial score (nSPS) is 11.4. The van der Waals surface area contributed by atoms with Crippen LogP contribution < -0.4 is 5.32 Å². The molecular weight excluding hydrogens is 446 g/mol. The standard InChI is InChI=1S/C27H33N3O3S/c1-5-7-8-17-30-18-23(25(31)28-21-13-9-19(6-2)10-14-21)29-24(30)20-11-15-22(16-12-20)34-27(3,4)26(32)33/h9-16,18H,5-8,17H2,1-4H3,(H,28,31)(H,32,33). The van der Waals surface area contributed by atoms with Gasteiger partial charge in [0.15, 0.2) is 0 Å². The van der Waals surface area contributed by atoms with Crippen LogP contribution in [-0.2, 0) is 17.8 Å². The average Bonchev–Trinajstić information content (AvgIpc) is 3.24. The molecule has 0 fully saturated rings. The van der Waals surface area contributed by atoms with Gasteiger partial charge in [0, 0.05) is 28.9 Å². The Bertz CT molecular complexity index is 1120. The quantitative estimate of drug-likeness (QED) is 0.242. The number of aliphatic carboxylic acids is 1. The molecule has 3 aromatic rings. The summed E-state index contributed by atoms with van der Waals surface area (Å²) in [5, 5.41) is 12.3. The summed E-state index contributed by atoms with van der Waals surface area (Å²) in [6.45, 7) is 8.41. The number of imidazole rings is 1. The molecule has 0 radical (unpaired) electrons. The van der Waals surface area contributed by atoms with Crippen molar-refractivity contribution in [3.8, 4) is 11.4 Å². The van der Waals surface area contributed by atoms with Gasteiger partial charge in [-0.1, -0.05) is 51.0 Å². The van der Waals surface area contributed by atoms with Gasteiger partial charge in [-0.05, 0) is 56.5 Å². The van der Waals surface area contributed by atoms with Crippen LogP contribution in [0.5, 0.6) is 0 Å². The SMILES string of the molecule is CCCCCn1cc(C(=O)Nc2ccc(CC)cc2)nc1-c1ccc(SC(C)(C)C(=O)O)cc1. The second kappa shape index (κ2) is 11.4. The van der Waals surface area contributed by atoms with E-state index in [-0.39, 0.29) is 5.91 Å². The first kappa shape index (κ1) is 25.6. The van der Waals surface area contributed by atoms with Crippen LogP contribution >= 0.6 is 11.8 Å². The summed E-state index contributed by atoms with van der Waals surface area (Å²) < 4.78 is 1.12. The third kappa shape index (κ3) is 6.50. The number of benzene rings is 2. The molecule has 7 heteroatoms. The molecule has 0 spiro atoms. The summed E-state index contributed by atoms with van der Waals surface area (Å²) in [7, 11) is 0. The molecular formula is C27H33N3O3S. The lowest BCUT2D eigenvalue weighted by molar-refractivity contribution is -0.138. The Morgan fingerprint density at radius 2 is 1.71 bits per heavy atom. The molecule has 3 rings (SSSR count). The van der Waals surface area contributed by atoms with Gasteiger partial charge in [-0.15, -0.1) is 11.8 Å². The maximum absolute atomic E-state index is 12.9. The summed E-state index contributed by atoms with van der Waals surface area (Å²) in [6.07, 6.45) is 5.97. The zero-order valence-electron chi connectivity index (χ0n) is 20.3. The fourth-order valence-corrected chi connectivity index (χ4v) is 4.44. The van der Waals surface area contributed by atoms with Crippen LogP contribution in [0.4, 0.5) is 5.69 Å². The van der Waals surface area contributed by atoms with Crippen LogP contribution in [0.2, 0.25) is 0 Å². The van der Waals surface area contributed by atoms with Crippen LogP contribution in [0.25, 0.3) is 11.4 Å². The minimum atomic E-state index is -0.916. The Morgan fingerprint density at radius 1 is 1.03 bits per heavy atom. The molecule has 0 saturated carbocycles. The van der Waals surface area contributed by atoms with E-state index in [1.54, 1.807) is 13.8 Å². The third-order valence-corrected chi connectivity index (χ3v) is 6.83. The van der Waals surface area contributed by atoms with Crippen LogP contribution in [0.15, 0.2) is 59.6 Å². The second-order valence-electron chi connectivity index (χ2n) is 8.80. The molecule has 0 aliphatic carbocycles. The molecule has 0 atom stereocenters. The number of carboxylic acid groups (broad SMARTS) is 1. The number of nitrogens with zero attached hydrogens (tertiary/aromatic N) is 2. The number of aromatic nitrogens is 2. The first-order valence-corrected chi connectivity index (χ1v) is 12.6. The molecule has 0 aliphatic rings. The van der Waals surface area contributed by atoms with Crippen molar-refractivity contribution < 1.29 is 14.7 Å². The van der Waals surface area contributed by atoms with E-state index < -0.39 is 10.7 Å². The summed E-state index contributed by atoms with van der Waals surface area (Å²) in [6, 6.07) is 15.5. The van der Waals surface area contributed by atoms with E-state index in [0.29, 0.717) is 5.69 Å². The van der Waals surface area contributed by atoms with Crippen molar-refractivity contribution in [3.05, 3.63) is 66.0 Å².